The minimum atomic E-state index is 0.124. The third-order valence-corrected chi connectivity index (χ3v) is 2.37. The maximum Gasteiger partial charge on any atom is 0.219 e. The molecule has 4 heteroatoms. The second-order valence-electron chi connectivity index (χ2n) is 3.34. The lowest BCUT2D eigenvalue weighted by molar-refractivity contribution is -0.120. The summed E-state index contributed by atoms with van der Waals surface area (Å²) >= 11 is 0. The van der Waals surface area contributed by atoms with Gasteiger partial charge in [0.05, 0.1) is 12.4 Å². The first-order chi connectivity index (χ1) is 6.77. The van der Waals surface area contributed by atoms with E-state index in [0.29, 0.717) is 6.42 Å². The Bertz CT molecular complexity index is 225. The third-order valence-electron chi connectivity index (χ3n) is 2.37. The molecular weight excluding hydrogens is 178 g/mol. The average molecular weight is 197 g/mol. The van der Waals surface area contributed by atoms with Gasteiger partial charge in [-0.1, -0.05) is 13.8 Å². The Morgan fingerprint density at radius 2 is 2.36 bits per heavy atom. The molecule has 0 aliphatic carbocycles. The molecule has 0 fully saturated rings. The summed E-state index contributed by atoms with van der Waals surface area (Å²) in [4.78, 5) is 17.6. The largest absolute Gasteiger partial charge is 0.357 e. The van der Waals surface area contributed by atoms with E-state index in [0.717, 1.165) is 32.6 Å². The highest BCUT2D eigenvalue weighted by Gasteiger charge is 2.13. The molecule has 0 saturated heterocycles. The normalized spacial score (nSPS) is 15.6. The molecule has 1 heterocycles. The van der Waals surface area contributed by atoms with Crippen molar-refractivity contribution >= 4 is 11.7 Å². The van der Waals surface area contributed by atoms with E-state index in [9.17, 15) is 4.79 Å². The molecule has 0 radical (unpaired) electrons. The second-order valence-corrected chi connectivity index (χ2v) is 3.34. The smallest absolute Gasteiger partial charge is 0.219 e. The van der Waals surface area contributed by atoms with Gasteiger partial charge in [-0.15, -0.1) is 0 Å². The molecule has 4 nitrogen and oxygen atoms in total. The van der Waals surface area contributed by atoms with Crippen molar-refractivity contribution in [3.8, 4) is 0 Å². The Morgan fingerprint density at radius 1 is 1.57 bits per heavy atom. The minimum absolute atomic E-state index is 0.124. The first-order valence-corrected chi connectivity index (χ1v) is 5.32. The van der Waals surface area contributed by atoms with Crippen LogP contribution in [-0.4, -0.2) is 42.8 Å². The number of amides is 1. The maximum atomic E-state index is 11.0. The topological polar surface area (TPSA) is 44.7 Å². The van der Waals surface area contributed by atoms with E-state index in [1.807, 2.05) is 6.92 Å². The van der Waals surface area contributed by atoms with Gasteiger partial charge < -0.3 is 10.2 Å². The molecule has 0 aromatic carbocycles. The molecule has 0 saturated carbocycles. The van der Waals surface area contributed by atoms with Crippen LogP contribution in [-0.2, 0) is 4.79 Å². The van der Waals surface area contributed by atoms with Crippen molar-refractivity contribution in [2.75, 3.05) is 26.2 Å². The number of amidine groups is 1. The van der Waals surface area contributed by atoms with Crippen LogP contribution >= 0.6 is 0 Å². The lowest BCUT2D eigenvalue weighted by Crippen LogP contribution is -2.36. The number of nitrogens with zero attached hydrogens (tertiary/aromatic N) is 2. The standard InChI is InChI=1S/C10H19N3O/c1-3-9-11-5-7-13(9)8-6-12-10(14)4-2/h3-8H2,1-2H3,(H,12,14). The first-order valence-electron chi connectivity index (χ1n) is 5.32. The third kappa shape index (κ3) is 3.01. The molecule has 80 valence electrons. The molecule has 0 aromatic heterocycles. The molecule has 1 amide bonds. The van der Waals surface area contributed by atoms with Crippen LogP contribution in [0.4, 0.5) is 0 Å². The maximum absolute atomic E-state index is 11.0. The zero-order valence-corrected chi connectivity index (χ0v) is 9.05. The van der Waals surface area contributed by atoms with Crippen LogP contribution < -0.4 is 5.32 Å². The Kier molecular flexibility index (Phi) is 4.43. The van der Waals surface area contributed by atoms with Gasteiger partial charge in [-0.2, -0.15) is 0 Å². The summed E-state index contributed by atoms with van der Waals surface area (Å²) < 4.78 is 0. The van der Waals surface area contributed by atoms with Gasteiger partial charge in [0, 0.05) is 32.5 Å². The number of hydrogen-bond donors (Lipinski definition) is 1. The Hall–Kier alpha value is -1.06. The molecule has 1 N–H and O–H groups in total. The zero-order chi connectivity index (χ0) is 10.4. The number of carbonyl (C=O) groups excluding carboxylic acids is 1. The van der Waals surface area contributed by atoms with Gasteiger partial charge in [-0.25, -0.2) is 0 Å². The van der Waals surface area contributed by atoms with E-state index in [1.165, 1.54) is 5.84 Å². The summed E-state index contributed by atoms with van der Waals surface area (Å²) in [5.74, 6) is 1.30. The fourth-order valence-corrected chi connectivity index (χ4v) is 1.56. The Labute approximate surface area is 85.4 Å². The van der Waals surface area contributed by atoms with Crippen molar-refractivity contribution in [3.63, 3.8) is 0 Å². The van der Waals surface area contributed by atoms with Gasteiger partial charge in [0.2, 0.25) is 5.91 Å². The Morgan fingerprint density at radius 3 is 3.00 bits per heavy atom. The van der Waals surface area contributed by atoms with E-state index in [-0.39, 0.29) is 5.91 Å². The van der Waals surface area contributed by atoms with Crippen molar-refractivity contribution in [1.29, 1.82) is 0 Å². The number of carbonyl (C=O) groups is 1. The lowest BCUT2D eigenvalue weighted by atomic mass is 10.4. The molecule has 0 atom stereocenters. The number of aliphatic imine (C=N–C) groups is 1. The van der Waals surface area contributed by atoms with Crippen molar-refractivity contribution in [2.45, 2.75) is 26.7 Å². The van der Waals surface area contributed by atoms with Gasteiger partial charge >= 0.3 is 0 Å². The lowest BCUT2D eigenvalue weighted by Gasteiger charge is -2.19. The predicted molar refractivity (Wildman–Crippen MR) is 57.5 cm³/mol. The first kappa shape index (κ1) is 11.0. The van der Waals surface area contributed by atoms with Crippen LogP contribution in [0.15, 0.2) is 4.99 Å². The molecule has 0 unspecified atom stereocenters. The van der Waals surface area contributed by atoms with Gasteiger partial charge in [-0.3, -0.25) is 9.79 Å². The monoisotopic (exact) mass is 197 g/mol. The quantitative estimate of drug-likeness (QED) is 0.703. The second kappa shape index (κ2) is 5.62. The van der Waals surface area contributed by atoms with Gasteiger partial charge in [0.15, 0.2) is 0 Å². The van der Waals surface area contributed by atoms with Crippen LogP contribution in [0.2, 0.25) is 0 Å². The summed E-state index contributed by atoms with van der Waals surface area (Å²) in [5, 5.41) is 2.87. The van der Waals surface area contributed by atoms with Crippen LogP contribution in [0.3, 0.4) is 0 Å². The van der Waals surface area contributed by atoms with Crippen LogP contribution in [0.1, 0.15) is 26.7 Å². The molecule has 0 spiro atoms. The molecular formula is C10H19N3O. The van der Waals surface area contributed by atoms with E-state index < -0.39 is 0 Å². The van der Waals surface area contributed by atoms with E-state index >= 15 is 0 Å². The highest BCUT2D eigenvalue weighted by atomic mass is 16.1. The van der Waals surface area contributed by atoms with Crippen molar-refractivity contribution in [1.82, 2.24) is 10.2 Å². The number of nitrogens with one attached hydrogen (secondary N) is 1. The van der Waals surface area contributed by atoms with Gasteiger partial charge in [0.1, 0.15) is 0 Å². The zero-order valence-electron chi connectivity index (χ0n) is 9.05. The van der Waals surface area contributed by atoms with E-state index in [2.05, 4.69) is 22.1 Å². The predicted octanol–water partition coefficient (Wildman–Crippen LogP) is 0.637. The van der Waals surface area contributed by atoms with E-state index in [4.69, 9.17) is 0 Å². The van der Waals surface area contributed by atoms with Crippen molar-refractivity contribution in [2.24, 2.45) is 4.99 Å². The average Bonchev–Trinajstić information content (AvgIpc) is 2.65. The fraction of sp³-hybridized carbons (Fsp3) is 0.800. The summed E-state index contributed by atoms with van der Waals surface area (Å²) in [5.41, 5.74) is 0. The molecule has 1 aliphatic heterocycles. The minimum Gasteiger partial charge on any atom is -0.357 e. The van der Waals surface area contributed by atoms with Crippen molar-refractivity contribution < 1.29 is 4.79 Å². The Balaban J connectivity index is 2.19. The molecule has 1 aliphatic rings. The van der Waals surface area contributed by atoms with E-state index in [1.54, 1.807) is 0 Å². The highest BCUT2D eigenvalue weighted by Crippen LogP contribution is 2.03. The summed E-state index contributed by atoms with van der Waals surface area (Å²) in [6, 6.07) is 0. The van der Waals surface area contributed by atoms with Gasteiger partial charge in [0.25, 0.3) is 0 Å². The number of rotatable bonds is 5. The fourth-order valence-electron chi connectivity index (χ4n) is 1.56. The highest BCUT2D eigenvalue weighted by molar-refractivity contribution is 5.83. The van der Waals surface area contributed by atoms with Crippen LogP contribution in [0.5, 0.6) is 0 Å². The summed E-state index contributed by atoms with van der Waals surface area (Å²) in [6.07, 6.45) is 1.55. The summed E-state index contributed by atoms with van der Waals surface area (Å²) in [7, 11) is 0. The van der Waals surface area contributed by atoms with Gasteiger partial charge in [-0.05, 0) is 0 Å². The summed E-state index contributed by atoms with van der Waals surface area (Å²) in [6.45, 7) is 7.51. The molecule has 0 bridgehead atoms. The van der Waals surface area contributed by atoms with Crippen LogP contribution in [0, 0.1) is 0 Å². The van der Waals surface area contributed by atoms with Crippen molar-refractivity contribution in [3.05, 3.63) is 0 Å². The molecule has 1 rings (SSSR count). The SMILES string of the molecule is CCC(=O)NCCN1CCN=C1CC. The van der Waals surface area contributed by atoms with Crippen LogP contribution in [0.25, 0.3) is 0 Å². The molecule has 0 aromatic rings. The number of hydrogen-bond acceptors (Lipinski definition) is 3. The molecule has 14 heavy (non-hydrogen) atoms.